The van der Waals surface area contributed by atoms with Crippen LogP contribution in [0.15, 0.2) is 64.8 Å². The molecule has 0 bridgehead atoms. The molecule has 1 N–H and O–H groups in total. The maximum atomic E-state index is 4.53. The van der Waals surface area contributed by atoms with E-state index in [1.807, 2.05) is 6.92 Å². The van der Waals surface area contributed by atoms with Gasteiger partial charge in [-0.15, -0.1) is 0 Å². The number of nitrogens with one attached hydrogen (secondary N) is 1. The minimum atomic E-state index is 0.818. The van der Waals surface area contributed by atoms with Crippen molar-refractivity contribution >= 4 is 28.4 Å². The van der Waals surface area contributed by atoms with Crippen molar-refractivity contribution < 1.29 is 0 Å². The molecule has 1 heterocycles. The van der Waals surface area contributed by atoms with Crippen LogP contribution >= 0.6 is 11.8 Å². The summed E-state index contributed by atoms with van der Waals surface area (Å²) in [6, 6.07) is 14.8. The summed E-state index contributed by atoms with van der Waals surface area (Å²) in [5.41, 5.74) is 0. The topological polar surface area (TPSA) is 37.8 Å². The molecule has 100 valence electrons. The fourth-order valence-electron chi connectivity index (χ4n) is 2.02. The Morgan fingerprint density at radius 3 is 2.75 bits per heavy atom. The Bertz CT molecular complexity index is 727. The van der Waals surface area contributed by atoms with E-state index in [1.165, 1.54) is 15.7 Å². The molecule has 0 aliphatic rings. The molecule has 1 aromatic heterocycles. The third-order valence-corrected chi connectivity index (χ3v) is 3.81. The van der Waals surface area contributed by atoms with Crippen LogP contribution in [0.3, 0.4) is 0 Å². The summed E-state index contributed by atoms with van der Waals surface area (Å²) in [6.45, 7) is 2.89. The minimum absolute atomic E-state index is 0.818. The van der Waals surface area contributed by atoms with Crippen LogP contribution in [-0.4, -0.2) is 16.5 Å². The highest BCUT2D eigenvalue weighted by atomic mass is 32.2. The molecule has 0 radical (unpaired) electrons. The lowest BCUT2D eigenvalue weighted by molar-refractivity contribution is 1.03. The smallest absolute Gasteiger partial charge is 0.145 e. The lowest BCUT2D eigenvalue weighted by Crippen LogP contribution is -2.00. The zero-order valence-corrected chi connectivity index (χ0v) is 12.0. The third kappa shape index (κ3) is 2.91. The van der Waals surface area contributed by atoms with Crippen LogP contribution in [0, 0.1) is 0 Å². The predicted molar refractivity (Wildman–Crippen MR) is 84.3 cm³/mol. The molecule has 0 spiro atoms. The Balaban J connectivity index is 1.87. The maximum absolute atomic E-state index is 4.53. The van der Waals surface area contributed by atoms with Crippen molar-refractivity contribution in [3.05, 3.63) is 54.9 Å². The SMILES string of the molecule is CCNc1cncc(Sc2ccc3ccccc3c2)n1. The van der Waals surface area contributed by atoms with E-state index in [-0.39, 0.29) is 0 Å². The fraction of sp³-hybridized carbons (Fsp3) is 0.125. The molecule has 0 fully saturated rings. The van der Waals surface area contributed by atoms with Crippen molar-refractivity contribution in [3.63, 3.8) is 0 Å². The Labute approximate surface area is 122 Å². The van der Waals surface area contributed by atoms with Crippen molar-refractivity contribution in [2.75, 3.05) is 11.9 Å². The highest BCUT2D eigenvalue weighted by Gasteiger charge is 2.02. The van der Waals surface area contributed by atoms with E-state index < -0.39 is 0 Å². The van der Waals surface area contributed by atoms with Gasteiger partial charge < -0.3 is 5.32 Å². The van der Waals surface area contributed by atoms with Gasteiger partial charge in [-0.2, -0.15) is 0 Å². The molecule has 2 aromatic carbocycles. The average Bonchev–Trinajstić information content (AvgIpc) is 2.48. The van der Waals surface area contributed by atoms with Gasteiger partial charge >= 0.3 is 0 Å². The van der Waals surface area contributed by atoms with Gasteiger partial charge in [-0.05, 0) is 29.8 Å². The number of aromatic nitrogens is 2. The summed E-state index contributed by atoms with van der Waals surface area (Å²) in [6.07, 6.45) is 3.54. The first-order valence-electron chi connectivity index (χ1n) is 6.58. The van der Waals surface area contributed by atoms with Gasteiger partial charge in [-0.3, -0.25) is 4.98 Å². The van der Waals surface area contributed by atoms with Crippen molar-refractivity contribution in [2.45, 2.75) is 16.8 Å². The number of hydrogen-bond donors (Lipinski definition) is 1. The van der Waals surface area contributed by atoms with E-state index in [9.17, 15) is 0 Å². The first-order chi connectivity index (χ1) is 9.85. The maximum Gasteiger partial charge on any atom is 0.145 e. The van der Waals surface area contributed by atoms with Gasteiger partial charge in [0.2, 0.25) is 0 Å². The number of nitrogens with zero attached hydrogens (tertiary/aromatic N) is 2. The van der Waals surface area contributed by atoms with Gasteiger partial charge in [0, 0.05) is 11.4 Å². The van der Waals surface area contributed by atoms with Crippen molar-refractivity contribution in [1.29, 1.82) is 0 Å². The summed E-state index contributed by atoms with van der Waals surface area (Å²) >= 11 is 1.63. The van der Waals surface area contributed by atoms with E-state index in [0.29, 0.717) is 0 Å². The molecule has 4 heteroatoms. The molecule has 20 heavy (non-hydrogen) atoms. The zero-order valence-electron chi connectivity index (χ0n) is 11.2. The minimum Gasteiger partial charge on any atom is -0.369 e. The number of rotatable bonds is 4. The van der Waals surface area contributed by atoms with Gasteiger partial charge in [0.25, 0.3) is 0 Å². The third-order valence-electron chi connectivity index (χ3n) is 2.91. The van der Waals surface area contributed by atoms with Gasteiger partial charge in [-0.25, -0.2) is 4.98 Å². The molecule has 3 rings (SSSR count). The standard InChI is InChI=1S/C16H15N3S/c1-2-18-15-10-17-11-16(19-15)20-14-8-7-12-5-3-4-6-13(12)9-14/h3-11H,2H2,1H3,(H,18,19). The Morgan fingerprint density at radius 2 is 1.90 bits per heavy atom. The van der Waals surface area contributed by atoms with Gasteiger partial charge in [0.15, 0.2) is 0 Å². The Kier molecular flexibility index (Phi) is 3.83. The van der Waals surface area contributed by atoms with Crippen molar-refractivity contribution in [1.82, 2.24) is 9.97 Å². The highest BCUT2D eigenvalue weighted by Crippen LogP contribution is 2.29. The number of hydrogen-bond acceptors (Lipinski definition) is 4. The normalized spacial score (nSPS) is 10.7. The summed E-state index contributed by atoms with van der Waals surface area (Å²) in [5, 5.41) is 6.58. The first kappa shape index (κ1) is 12.9. The van der Waals surface area contributed by atoms with E-state index in [1.54, 1.807) is 24.2 Å². The largest absolute Gasteiger partial charge is 0.369 e. The molecule has 0 saturated carbocycles. The van der Waals surface area contributed by atoms with Gasteiger partial charge in [0.05, 0.1) is 12.4 Å². The summed E-state index contributed by atoms with van der Waals surface area (Å²) in [5.74, 6) is 0.818. The monoisotopic (exact) mass is 281 g/mol. The van der Waals surface area contributed by atoms with Gasteiger partial charge in [-0.1, -0.05) is 42.1 Å². The highest BCUT2D eigenvalue weighted by molar-refractivity contribution is 7.99. The van der Waals surface area contributed by atoms with Crippen LogP contribution in [0.2, 0.25) is 0 Å². The molecule has 3 nitrogen and oxygen atoms in total. The second-order valence-corrected chi connectivity index (χ2v) is 5.48. The van der Waals surface area contributed by atoms with E-state index >= 15 is 0 Å². The van der Waals surface area contributed by atoms with Crippen LogP contribution in [0.4, 0.5) is 5.82 Å². The predicted octanol–water partition coefficient (Wildman–Crippen LogP) is 4.21. The second-order valence-electron chi connectivity index (χ2n) is 4.38. The quantitative estimate of drug-likeness (QED) is 0.777. The molecule has 0 aliphatic carbocycles. The number of fused-ring (bicyclic) bond motifs is 1. The zero-order chi connectivity index (χ0) is 13.8. The van der Waals surface area contributed by atoms with Crippen LogP contribution in [0.25, 0.3) is 10.8 Å². The molecule has 3 aromatic rings. The van der Waals surface area contributed by atoms with Crippen molar-refractivity contribution in [3.8, 4) is 0 Å². The van der Waals surface area contributed by atoms with E-state index in [2.05, 4.69) is 57.7 Å². The summed E-state index contributed by atoms with van der Waals surface area (Å²) in [4.78, 5) is 9.92. The van der Waals surface area contributed by atoms with Crippen LogP contribution in [0.5, 0.6) is 0 Å². The average molecular weight is 281 g/mol. The molecule has 0 atom stereocenters. The fourth-order valence-corrected chi connectivity index (χ4v) is 2.84. The number of anilines is 1. The van der Waals surface area contributed by atoms with Crippen LogP contribution in [-0.2, 0) is 0 Å². The first-order valence-corrected chi connectivity index (χ1v) is 7.39. The van der Waals surface area contributed by atoms with Gasteiger partial charge in [0.1, 0.15) is 10.8 Å². The molecule has 0 saturated heterocycles. The lowest BCUT2D eigenvalue weighted by atomic mass is 10.1. The van der Waals surface area contributed by atoms with Crippen LogP contribution < -0.4 is 5.32 Å². The molecular weight excluding hydrogens is 266 g/mol. The molecule has 0 amide bonds. The summed E-state index contributed by atoms with van der Waals surface area (Å²) in [7, 11) is 0. The second kappa shape index (κ2) is 5.92. The van der Waals surface area contributed by atoms with E-state index in [0.717, 1.165) is 17.4 Å². The molecule has 0 aliphatic heterocycles. The lowest BCUT2D eigenvalue weighted by Gasteiger charge is -2.05. The Morgan fingerprint density at radius 1 is 1.05 bits per heavy atom. The molecular formula is C16H15N3S. The van der Waals surface area contributed by atoms with Crippen molar-refractivity contribution in [2.24, 2.45) is 0 Å². The van der Waals surface area contributed by atoms with Crippen LogP contribution in [0.1, 0.15) is 6.92 Å². The number of benzene rings is 2. The van der Waals surface area contributed by atoms with E-state index in [4.69, 9.17) is 0 Å². The summed E-state index contributed by atoms with van der Waals surface area (Å²) < 4.78 is 0. The molecule has 0 unspecified atom stereocenters. The Hall–Kier alpha value is -2.07.